The largest absolute Gasteiger partial charge is 0.494 e. The molecule has 0 aliphatic carbocycles. The fraction of sp³-hybridized carbons (Fsp3) is 0.294. The fourth-order valence-corrected chi connectivity index (χ4v) is 2.53. The van der Waals surface area contributed by atoms with E-state index in [1.807, 2.05) is 12.1 Å². The zero-order chi connectivity index (χ0) is 15.4. The van der Waals surface area contributed by atoms with E-state index < -0.39 is 0 Å². The molecule has 2 aromatic carbocycles. The Labute approximate surface area is 133 Å². The highest BCUT2D eigenvalue weighted by Crippen LogP contribution is 2.25. The highest BCUT2D eigenvalue weighted by molar-refractivity contribution is 9.10. The van der Waals surface area contributed by atoms with Crippen molar-refractivity contribution in [3.63, 3.8) is 0 Å². The van der Waals surface area contributed by atoms with Crippen molar-refractivity contribution in [1.29, 1.82) is 0 Å². The van der Waals surface area contributed by atoms with E-state index in [2.05, 4.69) is 47.2 Å². The van der Waals surface area contributed by atoms with Crippen LogP contribution in [0.4, 0.5) is 4.39 Å². The SMILES string of the molecule is COc1cc(C(C)N[C@H](C)c2ccc(Br)cc2)ccc1F. The smallest absolute Gasteiger partial charge is 0.165 e. The molecule has 0 saturated heterocycles. The third-order valence-corrected chi connectivity index (χ3v) is 4.07. The van der Waals surface area contributed by atoms with Crippen LogP contribution < -0.4 is 10.1 Å². The molecule has 112 valence electrons. The maximum atomic E-state index is 13.4. The highest BCUT2D eigenvalue weighted by Gasteiger charge is 2.13. The summed E-state index contributed by atoms with van der Waals surface area (Å²) in [5.74, 6) is -0.0631. The first-order chi connectivity index (χ1) is 10.0. The Hall–Kier alpha value is -1.39. The maximum absolute atomic E-state index is 13.4. The summed E-state index contributed by atoms with van der Waals surface area (Å²) < 4.78 is 19.5. The van der Waals surface area contributed by atoms with E-state index in [0.717, 1.165) is 10.0 Å². The first-order valence-corrected chi connectivity index (χ1v) is 7.65. The Kier molecular flexibility index (Phi) is 5.37. The molecule has 0 aliphatic rings. The van der Waals surface area contributed by atoms with Crippen molar-refractivity contribution < 1.29 is 9.13 Å². The van der Waals surface area contributed by atoms with Gasteiger partial charge in [-0.2, -0.15) is 0 Å². The van der Waals surface area contributed by atoms with Crippen LogP contribution in [0.25, 0.3) is 0 Å². The average Bonchev–Trinajstić information content (AvgIpc) is 2.48. The van der Waals surface area contributed by atoms with Crippen LogP contribution in [-0.4, -0.2) is 7.11 Å². The monoisotopic (exact) mass is 351 g/mol. The molecule has 2 rings (SSSR count). The lowest BCUT2D eigenvalue weighted by atomic mass is 10.0. The second-order valence-electron chi connectivity index (χ2n) is 5.06. The van der Waals surface area contributed by atoms with Gasteiger partial charge in [-0.15, -0.1) is 0 Å². The predicted molar refractivity (Wildman–Crippen MR) is 87.1 cm³/mol. The molecule has 0 aliphatic heterocycles. The molecular formula is C17H19BrFNO. The van der Waals surface area contributed by atoms with Crippen molar-refractivity contribution in [2.45, 2.75) is 25.9 Å². The number of halogens is 2. The average molecular weight is 352 g/mol. The standard InChI is InChI=1S/C17H19BrFNO/c1-11(13-4-7-15(18)8-5-13)20-12(2)14-6-9-16(19)17(10-14)21-3/h4-12,20H,1-3H3/t11-,12?/m1/s1. The van der Waals surface area contributed by atoms with Crippen molar-refractivity contribution in [1.82, 2.24) is 5.32 Å². The summed E-state index contributed by atoms with van der Waals surface area (Å²) >= 11 is 3.43. The molecule has 0 fully saturated rings. The third-order valence-electron chi connectivity index (χ3n) is 3.55. The Bertz CT molecular complexity index is 600. The van der Waals surface area contributed by atoms with Gasteiger partial charge in [-0.05, 0) is 49.2 Å². The topological polar surface area (TPSA) is 21.3 Å². The van der Waals surface area contributed by atoms with Crippen LogP contribution in [0.15, 0.2) is 46.9 Å². The molecule has 2 aromatic rings. The summed E-state index contributed by atoms with van der Waals surface area (Å²) in [6, 6.07) is 13.5. The van der Waals surface area contributed by atoms with Crippen LogP contribution in [0, 0.1) is 5.82 Å². The van der Waals surface area contributed by atoms with Crippen molar-refractivity contribution in [2.75, 3.05) is 7.11 Å². The molecule has 2 atom stereocenters. The van der Waals surface area contributed by atoms with Crippen molar-refractivity contribution in [2.24, 2.45) is 0 Å². The Morgan fingerprint density at radius 2 is 1.57 bits per heavy atom. The summed E-state index contributed by atoms with van der Waals surface area (Å²) in [5, 5.41) is 3.51. The lowest BCUT2D eigenvalue weighted by Crippen LogP contribution is -2.22. The van der Waals surface area contributed by atoms with Crippen LogP contribution in [0.3, 0.4) is 0 Å². The van der Waals surface area contributed by atoms with Crippen LogP contribution in [0.2, 0.25) is 0 Å². The number of hydrogen-bond donors (Lipinski definition) is 1. The van der Waals surface area contributed by atoms with E-state index >= 15 is 0 Å². The highest BCUT2D eigenvalue weighted by atomic mass is 79.9. The van der Waals surface area contributed by atoms with Gasteiger partial charge in [0.05, 0.1) is 7.11 Å². The van der Waals surface area contributed by atoms with Crippen LogP contribution in [-0.2, 0) is 0 Å². The summed E-state index contributed by atoms with van der Waals surface area (Å²) in [5.41, 5.74) is 2.20. The zero-order valence-corrected chi connectivity index (χ0v) is 13.9. The first-order valence-electron chi connectivity index (χ1n) is 6.86. The molecule has 0 aromatic heterocycles. The molecule has 0 radical (unpaired) electrons. The molecular weight excluding hydrogens is 333 g/mol. The van der Waals surface area contributed by atoms with E-state index in [0.29, 0.717) is 0 Å². The molecule has 0 heterocycles. The molecule has 0 bridgehead atoms. The van der Waals surface area contributed by atoms with Crippen LogP contribution in [0.5, 0.6) is 5.75 Å². The van der Waals surface area contributed by atoms with Gasteiger partial charge in [-0.1, -0.05) is 34.1 Å². The lowest BCUT2D eigenvalue weighted by Gasteiger charge is -2.21. The molecule has 2 nitrogen and oxygen atoms in total. The fourth-order valence-electron chi connectivity index (χ4n) is 2.26. The quantitative estimate of drug-likeness (QED) is 0.817. The summed E-state index contributed by atoms with van der Waals surface area (Å²) in [6.45, 7) is 4.17. The van der Waals surface area contributed by atoms with Crippen LogP contribution >= 0.6 is 15.9 Å². The minimum Gasteiger partial charge on any atom is -0.494 e. The lowest BCUT2D eigenvalue weighted by molar-refractivity contribution is 0.384. The Morgan fingerprint density at radius 1 is 1.00 bits per heavy atom. The Morgan fingerprint density at radius 3 is 2.19 bits per heavy atom. The summed E-state index contributed by atoms with van der Waals surface area (Å²) in [4.78, 5) is 0. The number of nitrogens with one attached hydrogen (secondary N) is 1. The van der Waals surface area contributed by atoms with Crippen molar-refractivity contribution in [3.05, 3.63) is 63.9 Å². The molecule has 1 N–H and O–H groups in total. The minimum absolute atomic E-state index is 0.0955. The van der Waals surface area contributed by atoms with Gasteiger partial charge in [0.2, 0.25) is 0 Å². The van der Waals surface area contributed by atoms with Gasteiger partial charge in [0.1, 0.15) is 0 Å². The number of rotatable bonds is 5. The molecule has 0 spiro atoms. The summed E-state index contributed by atoms with van der Waals surface area (Å²) in [7, 11) is 1.48. The molecule has 0 saturated carbocycles. The normalized spacial score (nSPS) is 13.8. The second-order valence-corrected chi connectivity index (χ2v) is 5.97. The zero-order valence-electron chi connectivity index (χ0n) is 12.4. The van der Waals surface area contributed by atoms with Gasteiger partial charge in [-0.25, -0.2) is 4.39 Å². The van der Waals surface area contributed by atoms with Gasteiger partial charge in [-0.3, -0.25) is 0 Å². The van der Waals surface area contributed by atoms with E-state index in [1.165, 1.54) is 18.7 Å². The van der Waals surface area contributed by atoms with Crippen molar-refractivity contribution >= 4 is 15.9 Å². The van der Waals surface area contributed by atoms with E-state index in [9.17, 15) is 4.39 Å². The minimum atomic E-state index is -0.339. The predicted octanol–water partition coefficient (Wildman–Crippen LogP) is 5.01. The number of methoxy groups -OCH3 is 1. The Balaban J connectivity index is 2.10. The first kappa shape index (κ1) is 16.0. The second kappa shape index (κ2) is 7.05. The number of benzene rings is 2. The molecule has 0 amide bonds. The molecule has 1 unspecified atom stereocenters. The molecule has 4 heteroatoms. The third kappa shape index (κ3) is 4.05. The van der Waals surface area contributed by atoms with Crippen molar-refractivity contribution in [3.8, 4) is 5.75 Å². The van der Waals surface area contributed by atoms with Gasteiger partial charge in [0.15, 0.2) is 11.6 Å². The van der Waals surface area contributed by atoms with Crippen LogP contribution in [0.1, 0.15) is 37.1 Å². The molecule has 21 heavy (non-hydrogen) atoms. The number of hydrogen-bond acceptors (Lipinski definition) is 2. The van der Waals surface area contributed by atoms with Gasteiger partial charge >= 0.3 is 0 Å². The van der Waals surface area contributed by atoms with Gasteiger partial charge < -0.3 is 10.1 Å². The van der Waals surface area contributed by atoms with E-state index in [1.54, 1.807) is 12.1 Å². The van der Waals surface area contributed by atoms with Gasteiger partial charge in [0.25, 0.3) is 0 Å². The van der Waals surface area contributed by atoms with E-state index in [-0.39, 0.29) is 23.7 Å². The maximum Gasteiger partial charge on any atom is 0.165 e. The number of ether oxygens (including phenoxy) is 1. The summed E-state index contributed by atoms with van der Waals surface area (Å²) in [6.07, 6.45) is 0. The van der Waals surface area contributed by atoms with E-state index in [4.69, 9.17) is 4.74 Å². The van der Waals surface area contributed by atoms with Gasteiger partial charge in [0, 0.05) is 16.6 Å².